The molecule has 1 aliphatic carbocycles. The van der Waals surface area contributed by atoms with Crippen LogP contribution in [0.3, 0.4) is 0 Å². The molecule has 0 radical (unpaired) electrons. The summed E-state index contributed by atoms with van der Waals surface area (Å²) in [5.74, 6) is -1.28. The number of anilines is 1. The highest BCUT2D eigenvalue weighted by Crippen LogP contribution is 2.27. The molecule has 0 fully saturated rings. The number of aromatic nitrogens is 3. The van der Waals surface area contributed by atoms with Crippen LogP contribution < -0.4 is 10.6 Å². The van der Waals surface area contributed by atoms with Gasteiger partial charge in [-0.3, -0.25) is 19.7 Å². The van der Waals surface area contributed by atoms with Crippen LogP contribution in [0.15, 0.2) is 64.8 Å². The van der Waals surface area contributed by atoms with Crippen LogP contribution in [0.4, 0.5) is 5.69 Å². The molecule has 0 bridgehead atoms. The van der Waals surface area contributed by atoms with Gasteiger partial charge in [0.2, 0.25) is 0 Å². The molecular formula is C20H19N5O2S. The maximum Gasteiger partial charge on any atom is 0.313 e. The van der Waals surface area contributed by atoms with Crippen LogP contribution in [-0.2, 0) is 22.4 Å². The van der Waals surface area contributed by atoms with E-state index in [0.717, 1.165) is 28.3 Å². The zero-order chi connectivity index (χ0) is 19.3. The minimum absolute atomic E-state index is 0.0645. The smallest absolute Gasteiger partial charge is 0.313 e. The van der Waals surface area contributed by atoms with Gasteiger partial charge in [-0.25, -0.2) is 0 Å². The number of benzene rings is 1. The number of fused-ring (bicyclic) bond motifs is 1. The number of rotatable bonds is 4. The lowest BCUT2D eigenvalue weighted by Gasteiger charge is -2.22. The molecule has 8 heteroatoms. The Hall–Kier alpha value is -3.13. The maximum absolute atomic E-state index is 12.2. The summed E-state index contributed by atoms with van der Waals surface area (Å²) in [6.45, 7) is 0. The normalized spacial score (nSPS) is 15.5. The molecular weight excluding hydrogens is 374 g/mol. The predicted octanol–water partition coefficient (Wildman–Crippen LogP) is 2.57. The summed E-state index contributed by atoms with van der Waals surface area (Å²) in [5.41, 5.74) is 2.79. The number of hydrogen-bond donors (Lipinski definition) is 3. The van der Waals surface area contributed by atoms with E-state index in [1.165, 1.54) is 5.56 Å². The van der Waals surface area contributed by atoms with Crippen LogP contribution in [0.25, 0.3) is 0 Å². The highest BCUT2D eigenvalue weighted by molar-refractivity contribution is 7.99. The van der Waals surface area contributed by atoms with E-state index in [1.807, 2.05) is 30.5 Å². The van der Waals surface area contributed by atoms with Gasteiger partial charge < -0.3 is 10.6 Å². The van der Waals surface area contributed by atoms with Crippen LogP contribution >= 0.6 is 11.8 Å². The van der Waals surface area contributed by atoms with Crippen molar-refractivity contribution in [2.45, 2.75) is 35.1 Å². The molecule has 1 aromatic carbocycles. The number of pyridine rings is 1. The molecule has 2 aromatic heterocycles. The third-order valence-corrected chi connectivity index (χ3v) is 5.57. The first-order valence-corrected chi connectivity index (χ1v) is 9.80. The molecule has 0 spiro atoms. The highest BCUT2D eigenvalue weighted by Gasteiger charge is 2.24. The zero-order valence-electron chi connectivity index (χ0n) is 15.0. The van der Waals surface area contributed by atoms with Crippen LogP contribution in [0, 0.1) is 0 Å². The Morgan fingerprint density at radius 1 is 1.04 bits per heavy atom. The maximum atomic E-state index is 12.2. The van der Waals surface area contributed by atoms with E-state index < -0.39 is 11.8 Å². The van der Waals surface area contributed by atoms with Crippen LogP contribution in [0.2, 0.25) is 0 Å². The largest absolute Gasteiger partial charge is 0.345 e. The summed E-state index contributed by atoms with van der Waals surface area (Å²) in [7, 11) is 0. The first kappa shape index (κ1) is 18.2. The number of nitrogens with zero attached hydrogens (tertiary/aromatic N) is 2. The number of H-pyrrole nitrogens is 1. The quantitative estimate of drug-likeness (QED) is 0.592. The summed E-state index contributed by atoms with van der Waals surface area (Å²) in [6, 6.07) is 11.2. The summed E-state index contributed by atoms with van der Waals surface area (Å²) in [6.07, 6.45) is 7.61. The minimum atomic E-state index is -0.662. The van der Waals surface area contributed by atoms with E-state index in [9.17, 15) is 9.59 Å². The molecule has 3 N–H and O–H groups in total. The second-order valence-corrected chi connectivity index (χ2v) is 7.70. The van der Waals surface area contributed by atoms with Crippen molar-refractivity contribution in [3.05, 3.63) is 66.2 Å². The molecule has 28 heavy (non-hydrogen) atoms. The number of aryl methyl sites for hydroxylation is 1. The molecule has 2 heterocycles. The molecule has 7 nitrogen and oxygen atoms in total. The average Bonchev–Trinajstić information content (AvgIpc) is 3.18. The monoisotopic (exact) mass is 393 g/mol. The van der Waals surface area contributed by atoms with Crippen molar-refractivity contribution in [2.75, 3.05) is 5.32 Å². The molecule has 2 amide bonds. The number of amides is 2. The number of hydrogen-bond acceptors (Lipinski definition) is 5. The Bertz CT molecular complexity index is 972. The lowest BCUT2D eigenvalue weighted by atomic mass is 9.94. The topological polar surface area (TPSA) is 99.8 Å². The van der Waals surface area contributed by atoms with Crippen molar-refractivity contribution >= 4 is 29.3 Å². The molecule has 0 saturated carbocycles. The van der Waals surface area contributed by atoms with Gasteiger partial charge in [-0.1, -0.05) is 11.8 Å². The Labute approximate surface area is 166 Å². The Morgan fingerprint density at radius 2 is 1.79 bits per heavy atom. The van der Waals surface area contributed by atoms with Crippen LogP contribution in [-0.4, -0.2) is 33.0 Å². The Morgan fingerprint density at radius 3 is 2.57 bits per heavy atom. The zero-order valence-corrected chi connectivity index (χ0v) is 15.8. The minimum Gasteiger partial charge on any atom is -0.345 e. The molecule has 142 valence electrons. The number of carbonyl (C=O) groups excluding carboxylic acids is 2. The molecule has 1 atom stereocenters. The van der Waals surface area contributed by atoms with Crippen molar-refractivity contribution in [3.63, 3.8) is 0 Å². The van der Waals surface area contributed by atoms with Gasteiger partial charge in [0.05, 0.1) is 6.20 Å². The first-order chi connectivity index (χ1) is 13.7. The van der Waals surface area contributed by atoms with Gasteiger partial charge in [0.25, 0.3) is 0 Å². The fourth-order valence-electron chi connectivity index (χ4n) is 3.12. The SMILES string of the molecule is O=C(Nc1ccc(Sc2ccncc2)cc1)C(=O)N[C@H]1CCc2cn[nH]c2C1. The Balaban J connectivity index is 1.30. The molecule has 0 saturated heterocycles. The number of aromatic amines is 1. The standard InChI is InChI=1S/C20H19N5O2S/c26-19(20(27)24-15-2-1-13-12-22-25-18(13)11-15)23-14-3-5-16(6-4-14)28-17-7-9-21-10-8-17/h3-10,12,15H,1-2,11H2,(H,22,25)(H,23,26)(H,24,27)/t15-/m0/s1. The fraction of sp³-hybridized carbons (Fsp3) is 0.200. The van der Waals surface area contributed by atoms with Gasteiger partial charge in [-0.15, -0.1) is 0 Å². The fourth-order valence-corrected chi connectivity index (χ4v) is 3.92. The van der Waals surface area contributed by atoms with Gasteiger partial charge in [-0.2, -0.15) is 5.10 Å². The van der Waals surface area contributed by atoms with Gasteiger partial charge >= 0.3 is 11.8 Å². The van der Waals surface area contributed by atoms with Crippen LogP contribution in [0.1, 0.15) is 17.7 Å². The number of carbonyl (C=O) groups is 2. The van der Waals surface area contributed by atoms with E-state index in [-0.39, 0.29) is 6.04 Å². The van der Waals surface area contributed by atoms with Gasteiger partial charge in [0.15, 0.2) is 0 Å². The van der Waals surface area contributed by atoms with Crippen molar-refractivity contribution in [1.29, 1.82) is 0 Å². The predicted molar refractivity (Wildman–Crippen MR) is 106 cm³/mol. The van der Waals surface area contributed by atoms with Crippen LogP contribution in [0.5, 0.6) is 0 Å². The van der Waals surface area contributed by atoms with E-state index in [0.29, 0.717) is 12.1 Å². The summed E-state index contributed by atoms with van der Waals surface area (Å²) < 4.78 is 0. The highest BCUT2D eigenvalue weighted by atomic mass is 32.2. The first-order valence-electron chi connectivity index (χ1n) is 8.98. The van der Waals surface area contributed by atoms with E-state index >= 15 is 0 Å². The van der Waals surface area contributed by atoms with Crippen molar-refractivity contribution in [3.8, 4) is 0 Å². The second-order valence-electron chi connectivity index (χ2n) is 6.55. The molecule has 4 rings (SSSR count). The molecule has 3 aromatic rings. The van der Waals surface area contributed by atoms with Crippen molar-refractivity contribution in [2.24, 2.45) is 0 Å². The lowest BCUT2D eigenvalue weighted by molar-refractivity contribution is -0.136. The molecule has 0 aliphatic heterocycles. The van der Waals surface area contributed by atoms with E-state index in [1.54, 1.807) is 36.3 Å². The Kier molecular flexibility index (Phi) is 5.38. The lowest BCUT2D eigenvalue weighted by Crippen LogP contribution is -2.44. The van der Waals surface area contributed by atoms with Crippen molar-refractivity contribution in [1.82, 2.24) is 20.5 Å². The van der Waals surface area contributed by atoms with Gasteiger partial charge in [-0.05, 0) is 54.8 Å². The summed E-state index contributed by atoms with van der Waals surface area (Å²) in [4.78, 5) is 30.5. The molecule has 1 aliphatic rings. The average molecular weight is 393 g/mol. The van der Waals surface area contributed by atoms with Gasteiger partial charge in [0, 0.05) is 46.0 Å². The second kappa shape index (κ2) is 8.26. The summed E-state index contributed by atoms with van der Waals surface area (Å²) >= 11 is 1.60. The van der Waals surface area contributed by atoms with E-state index in [2.05, 4.69) is 25.8 Å². The third kappa shape index (κ3) is 4.40. The van der Waals surface area contributed by atoms with Crippen molar-refractivity contribution < 1.29 is 9.59 Å². The third-order valence-electron chi connectivity index (χ3n) is 4.56. The number of nitrogens with one attached hydrogen (secondary N) is 3. The summed E-state index contributed by atoms with van der Waals surface area (Å²) in [5, 5.41) is 12.4. The van der Waals surface area contributed by atoms with E-state index in [4.69, 9.17) is 0 Å². The van der Waals surface area contributed by atoms with Gasteiger partial charge in [0.1, 0.15) is 0 Å². The molecule has 0 unspecified atom stereocenters.